The molecule has 1 aliphatic rings. The largest absolute Gasteiger partial charge is 0.456 e. The molecule has 19 heavy (non-hydrogen) atoms. The molecule has 3 nitrogen and oxygen atoms in total. The molecule has 1 unspecified atom stereocenters. The van der Waals surface area contributed by atoms with Crippen LogP contribution >= 0.6 is 11.6 Å². The van der Waals surface area contributed by atoms with E-state index in [-0.39, 0.29) is 11.9 Å². The van der Waals surface area contributed by atoms with Crippen molar-refractivity contribution in [2.75, 3.05) is 0 Å². The van der Waals surface area contributed by atoms with E-state index in [1.54, 1.807) is 24.3 Å². The lowest BCUT2D eigenvalue weighted by atomic mass is 10.0. The highest BCUT2D eigenvalue weighted by atomic mass is 35.5. The highest BCUT2D eigenvalue weighted by Gasteiger charge is 2.29. The summed E-state index contributed by atoms with van der Waals surface area (Å²) in [5.41, 5.74) is 0.842. The van der Waals surface area contributed by atoms with Gasteiger partial charge in [0.25, 0.3) is 0 Å². The summed E-state index contributed by atoms with van der Waals surface area (Å²) in [5.74, 6) is 1.33. The summed E-state index contributed by atoms with van der Waals surface area (Å²) >= 11 is 6.04. The van der Waals surface area contributed by atoms with Crippen LogP contribution in [-0.2, 0) is 4.79 Å². The average molecular weight is 275 g/mol. The van der Waals surface area contributed by atoms with E-state index in [4.69, 9.17) is 21.1 Å². The molecular formula is C15H11ClO3. The summed E-state index contributed by atoms with van der Waals surface area (Å²) in [6.07, 6.45) is 0. The first-order valence-electron chi connectivity index (χ1n) is 5.93. The predicted molar refractivity (Wildman–Crippen MR) is 72.0 cm³/mol. The second-order valence-electron chi connectivity index (χ2n) is 4.37. The predicted octanol–water partition coefficient (Wildman–Crippen LogP) is 4.15. The molecule has 1 aliphatic heterocycles. The van der Waals surface area contributed by atoms with Gasteiger partial charge in [-0.1, -0.05) is 23.7 Å². The van der Waals surface area contributed by atoms with Gasteiger partial charge < -0.3 is 9.47 Å². The van der Waals surface area contributed by atoms with Crippen molar-refractivity contribution in [3.63, 3.8) is 0 Å². The summed E-state index contributed by atoms with van der Waals surface area (Å²) in [4.78, 5) is 11.5. The van der Waals surface area contributed by atoms with Crippen LogP contribution in [0.4, 0.5) is 0 Å². The zero-order valence-corrected chi connectivity index (χ0v) is 11.0. The summed E-state index contributed by atoms with van der Waals surface area (Å²) in [6.45, 7) is 1.81. The minimum atomic E-state index is -0.259. The highest BCUT2D eigenvalue weighted by Crippen LogP contribution is 2.38. The molecule has 0 fully saturated rings. The number of rotatable bonds is 2. The number of fused-ring (bicyclic) bond motifs is 1. The van der Waals surface area contributed by atoms with Gasteiger partial charge in [-0.15, -0.1) is 0 Å². The van der Waals surface area contributed by atoms with Crippen molar-refractivity contribution < 1.29 is 14.3 Å². The third-order valence-electron chi connectivity index (χ3n) is 3.08. The summed E-state index contributed by atoms with van der Waals surface area (Å²) in [6, 6.07) is 12.6. The van der Waals surface area contributed by atoms with E-state index in [0.717, 1.165) is 5.56 Å². The van der Waals surface area contributed by atoms with Gasteiger partial charge in [0.15, 0.2) is 0 Å². The number of hydrogen-bond acceptors (Lipinski definition) is 3. The van der Waals surface area contributed by atoms with E-state index in [0.29, 0.717) is 22.3 Å². The number of hydrogen-bond donors (Lipinski definition) is 0. The van der Waals surface area contributed by atoms with E-state index in [1.807, 2.05) is 25.1 Å². The number of carbonyl (C=O) groups excluding carboxylic acids is 1. The van der Waals surface area contributed by atoms with E-state index < -0.39 is 0 Å². The average Bonchev–Trinajstić information content (AvgIpc) is 2.68. The van der Waals surface area contributed by atoms with Gasteiger partial charge in [0.2, 0.25) is 0 Å². The van der Waals surface area contributed by atoms with Crippen LogP contribution in [0.15, 0.2) is 42.5 Å². The van der Waals surface area contributed by atoms with Crippen molar-refractivity contribution in [2.45, 2.75) is 12.8 Å². The van der Waals surface area contributed by atoms with Gasteiger partial charge in [-0.25, -0.2) is 0 Å². The minimum absolute atomic E-state index is 0.232. The van der Waals surface area contributed by atoms with E-state index >= 15 is 0 Å². The van der Waals surface area contributed by atoms with Crippen LogP contribution in [-0.4, -0.2) is 5.97 Å². The van der Waals surface area contributed by atoms with Crippen molar-refractivity contribution >= 4 is 17.6 Å². The Morgan fingerprint density at radius 3 is 2.79 bits per heavy atom. The molecule has 4 heteroatoms. The molecule has 0 spiro atoms. The molecule has 2 aromatic carbocycles. The van der Waals surface area contributed by atoms with Gasteiger partial charge in [0, 0.05) is 5.56 Å². The van der Waals surface area contributed by atoms with Gasteiger partial charge in [-0.05, 0) is 37.3 Å². The van der Waals surface area contributed by atoms with Crippen LogP contribution in [0.1, 0.15) is 18.4 Å². The number of halogens is 1. The Morgan fingerprint density at radius 2 is 2.00 bits per heavy atom. The third-order valence-corrected chi connectivity index (χ3v) is 3.39. The third kappa shape index (κ3) is 2.17. The Kier molecular flexibility index (Phi) is 2.91. The molecule has 0 radical (unpaired) electrons. The molecule has 0 aromatic heterocycles. The van der Waals surface area contributed by atoms with Crippen LogP contribution < -0.4 is 9.47 Å². The van der Waals surface area contributed by atoms with Crippen LogP contribution in [0.3, 0.4) is 0 Å². The van der Waals surface area contributed by atoms with Crippen molar-refractivity contribution in [3.05, 3.63) is 53.1 Å². The van der Waals surface area contributed by atoms with Crippen LogP contribution in [0.2, 0.25) is 5.02 Å². The Labute approximate surface area is 115 Å². The summed E-state index contributed by atoms with van der Waals surface area (Å²) < 4.78 is 10.8. The number of para-hydroxylation sites is 1. The molecular weight excluding hydrogens is 264 g/mol. The molecule has 2 aromatic rings. The standard InChI is InChI=1S/C15H11ClO3/c1-9-11-8-10(6-7-13(11)19-15(9)17)18-14-5-3-2-4-12(14)16/h2-9H,1H3. The topological polar surface area (TPSA) is 35.5 Å². The van der Waals surface area contributed by atoms with Crippen LogP contribution in [0.5, 0.6) is 17.2 Å². The van der Waals surface area contributed by atoms with Crippen molar-refractivity contribution in [3.8, 4) is 17.2 Å². The Bertz CT molecular complexity index is 652. The molecule has 0 amide bonds. The smallest absolute Gasteiger partial charge is 0.318 e. The second kappa shape index (κ2) is 4.59. The monoisotopic (exact) mass is 274 g/mol. The van der Waals surface area contributed by atoms with Crippen LogP contribution in [0, 0.1) is 0 Å². The molecule has 96 valence electrons. The Balaban J connectivity index is 1.92. The van der Waals surface area contributed by atoms with E-state index in [1.165, 1.54) is 0 Å². The quantitative estimate of drug-likeness (QED) is 0.609. The van der Waals surface area contributed by atoms with Gasteiger partial charge >= 0.3 is 5.97 Å². The SMILES string of the molecule is CC1C(=O)Oc2ccc(Oc3ccccc3Cl)cc21. The highest BCUT2D eigenvalue weighted by molar-refractivity contribution is 6.32. The first-order valence-corrected chi connectivity index (χ1v) is 6.31. The van der Waals surface area contributed by atoms with Crippen molar-refractivity contribution in [2.24, 2.45) is 0 Å². The summed E-state index contributed by atoms with van der Waals surface area (Å²) in [7, 11) is 0. The number of benzene rings is 2. The maximum atomic E-state index is 11.5. The van der Waals surface area contributed by atoms with E-state index in [2.05, 4.69) is 0 Å². The van der Waals surface area contributed by atoms with Gasteiger partial charge in [-0.2, -0.15) is 0 Å². The summed E-state index contributed by atoms with van der Waals surface area (Å²) in [5, 5.41) is 0.545. The zero-order chi connectivity index (χ0) is 13.4. The Morgan fingerprint density at radius 1 is 1.21 bits per heavy atom. The Hall–Kier alpha value is -2.00. The van der Waals surface area contributed by atoms with Gasteiger partial charge in [0.1, 0.15) is 17.2 Å². The molecule has 1 heterocycles. The fraction of sp³-hybridized carbons (Fsp3) is 0.133. The minimum Gasteiger partial charge on any atom is -0.456 e. The van der Waals surface area contributed by atoms with E-state index in [9.17, 15) is 4.79 Å². The van der Waals surface area contributed by atoms with Gasteiger partial charge in [-0.3, -0.25) is 4.79 Å². The number of ether oxygens (including phenoxy) is 2. The second-order valence-corrected chi connectivity index (χ2v) is 4.78. The zero-order valence-electron chi connectivity index (χ0n) is 10.2. The van der Waals surface area contributed by atoms with Gasteiger partial charge in [0.05, 0.1) is 10.9 Å². The van der Waals surface area contributed by atoms with Crippen molar-refractivity contribution in [1.82, 2.24) is 0 Å². The normalized spacial score (nSPS) is 16.9. The molecule has 0 aliphatic carbocycles. The number of carbonyl (C=O) groups is 1. The molecule has 0 saturated heterocycles. The molecule has 3 rings (SSSR count). The first kappa shape index (κ1) is 12.1. The maximum absolute atomic E-state index is 11.5. The fourth-order valence-electron chi connectivity index (χ4n) is 2.00. The lowest BCUT2D eigenvalue weighted by Crippen LogP contribution is -2.05. The van der Waals surface area contributed by atoms with Crippen LogP contribution in [0.25, 0.3) is 0 Å². The lowest BCUT2D eigenvalue weighted by molar-refractivity contribution is -0.133. The molecule has 0 bridgehead atoms. The maximum Gasteiger partial charge on any atom is 0.318 e. The lowest BCUT2D eigenvalue weighted by Gasteiger charge is -2.08. The number of esters is 1. The fourth-order valence-corrected chi connectivity index (χ4v) is 2.17. The van der Waals surface area contributed by atoms with Crippen molar-refractivity contribution in [1.29, 1.82) is 0 Å². The first-order chi connectivity index (χ1) is 9.15. The molecule has 0 N–H and O–H groups in total. The molecule has 1 atom stereocenters. The molecule has 0 saturated carbocycles.